The number of rotatable bonds is 4. The molecule has 2 heteroatoms. The molecule has 0 unspecified atom stereocenters. The van der Waals surface area contributed by atoms with Gasteiger partial charge in [-0.2, -0.15) is 0 Å². The number of hydrogen-bond donors (Lipinski definition) is 0. The van der Waals surface area contributed by atoms with Gasteiger partial charge in [0.15, 0.2) is 0 Å². The maximum absolute atomic E-state index is 2.28. The van der Waals surface area contributed by atoms with Gasteiger partial charge in [-0.1, -0.05) is 60.7 Å². The van der Waals surface area contributed by atoms with Crippen molar-refractivity contribution in [1.82, 2.24) is 0 Å². The first-order valence-electron chi connectivity index (χ1n) is 7.36. The number of benzene rings is 3. The van der Waals surface area contributed by atoms with Crippen LogP contribution in [0.5, 0.6) is 0 Å². The normalized spacial score (nSPS) is 10.3. The summed E-state index contributed by atoms with van der Waals surface area (Å²) in [5.41, 5.74) is 2.87. The summed E-state index contributed by atoms with van der Waals surface area (Å²) in [5, 5.41) is 2.97. The van der Waals surface area contributed by atoms with Crippen LogP contribution in [0.15, 0.2) is 84.9 Å². The fraction of sp³-hybridized carbons (Fsp3) is 0.100. The molecule has 3 aromatic carbocycles. The quantitative estimate of drug-likeness (QED) is 0.481. The molecule has 3 rings (SSSR count). The summed E-state index contributed by atoms with van der Waals surface area (Å²) in [6, 6.07) is 30.7. The maximum atomic E-state index is 2.28. The van der Waals surface area contributed by atoms with Gasteiger partial charge in [0.25, 0.3) is 0 Å². The molecule has 0 fully saturated rings. The Morgan fingerprint density at radius 3 is 1.59 bits per heavy atom. The minimum Gasteiger partial charge on any atom is -0.0620 e. The van der Waals surface area contributed by atoms with Crippen molar-refractivity contribution in [2.45, 2.75) is 13.1 Å². The Hall–Kier alpha value is -1.22. The molecule has 0 aliphatic heterocycles. The van der Waals surface area contributed by atoms with E-state index in [1.807, 2.05) is 0 Å². The van der Waals surface area contributed by atoms with Gasteiger partial charge in [0, 0.05) is 21.1 Å². The van der Waals surface area contributed by atoms with Crippen molar-refractivity contribution >= 4 is 18.5 Å². The summed E-state index contributed by atoms with van der Waals surface area (Å²) in [6.45, 7) is 2.21. The van der Waals surface area contributed by atoms with Gasteiger partial charge in [0.05, 0.1) is 24.7 Å². The van der Waals surface area contributed by atoms with Crippen molar-refractivity contribution < 1.29 is 21.1 Å². The molecule has 0 bridgehead atoms. The molecule has 0 saturated heterocycles. The van der Waals surface area contributed by atoms with Gasteiger partial charge < -0.3 is 0 Å². The second-order valence-corrected chi connectivity index (χ2v) is 7.78. The molecule has 0 saturated carbocycles. The number of aryl methyl sites for hydroxylation is 1. The molecule has 0 aromatic heterocycles. The van der Waals surface area contributed by atoms with E-state index < -0.39 is 7.92 Å². The molecule has 0 amide bonds. The summed E-state index contributed by atoms with van der Waals surface area (Å²) in [7, 11) is -0.774. The largest absolute Gasteiger partial charge is 0.0970 e. The third kappa shape index (κ3) is 4.16. The molecule has 0 atom stereocenters. The monoisotopic (exact) mass is 486 g/mol. The van der Waals surface area contributed by atoms with Gasteiger partial charge in [0.2, 0.25) is 0 Å². The van der Waals surface area contributed by atoms with Crippen molar-refractivity contribution in [2.75, 3.05) is 0 Å². The molecule has 114 valence electrons. The van der Waals surface area contributed by atoms with Crippen LogP contribution in [0.4, 0.5) is 0 Å². The molecule has 0 heterocycles. The molecule has 0 aliphatic carbocycles. The van der Waals surface area contributed by atoms with Gasteiger partial charge >= 0.3 is 0 Å². The smallest absolute Gasteiger partial charge is 0.0620 e. The minimum atomic E-state index is -0.774. The van der Waals surface area contributed by atoms with Crippen molar-refractivity contribution in [3.05, 3.63) is 96.1 Å². The van der Waals surface area contributed by atoms with E-state index in [0.717, 1.165) is 6.16 Å². The Morgan fingerprint density at radius 1 is 0.636 bits per heavy atom. The summed E-state index contributed by atoms with van der Waals surface area (Å²) < 4.78 is 0. The second kappa shape index (κ2) is 8.42. The van der Waals surface area contributed by atoms with Crippen LogP contribution < -0.4 is 10.6 Å². The van der Waals surface area contributed by atoms with Crippen molar-refractivity contribution in [3.8, 4) is 0 Å². The van der Waals surface area contributed by atoms with Crippen LogP contribution in [0.2, 0.25) is 0 Å². The van der Waals surface area contributed by atoms with Gasteiger partial charge in [-0.05, 0) is 42.3 Å². The number of hydrogen-bond acceptors (Lipinski definition) is 0. The molecular formula is C20H20PPt+. The van der Waals surface area contributed by atoms with E-state index in [-0.39, 0.29) is 21.1 Å². The van der Waals surface area contributed by atoms with Crippen LogP contribution in [-0.2, 0) is 27.2 Å². The van der Waals surface area contributed by atoms with E-state index >= 15 is 0 Å². The van der Waals surface area contributed by atoms with Crippen molar-refractivity contribution in [2.24, 2.45) is 0 Å². The molecule has 0 N–H and O–H groups in total. The average Bonchev–Trinajstić information content (AvgIpc) is 2.56. The Bertz CT molecular complexity index is 656. The third-order valence-corrected chi connectivity index (χ3v) is 6.67. The third-order valence-electron chi connectivity index (χ3n) is 3.87. The zero-order valence-corrected chi connectivity index (χ0v) is 15.9. The Kier molecular flexibility index (Phi) is 6.56. The average molecular weight is 486 g/mol. The van der Waals surface area contributed by atoms with E-state index in [0.29, 0.717) is 0 Å². The van der Waals surface area contributed by atoms with Crippen LogP contribution in [0, 0.1) is 6.92 Å². The fourth-order valence-corrected chi connectivity index (χ4v) is 5.36. The zero-order chi connectivity index (χ0) is 14.5. The van der Waals surface area contributed by atoms with Crippen molar-refractivity contribution in [3.63, 3.8) is 0 Å². The van der Waals surface area contributed by atoms with Crippen LogP contribution in [0.25, 0.3) is 0 Å². The molecule has 0 radical (unpaired) electrons. The molecule has 0 spiro atoms. The van der Waals surface area contributed by atoms with Gasteiger partial charge in [-0.25, -0.2) is 0 Å². The topological polar surface area (TPSA) is 0 Å². The molecular weight excluding hydrogens is 466 g/mol. The van der Waals surface area contributed by atoms with E-state index in [2.05, 4.69) is 91.9 Å². The molecule has 0 nitrogen and oxygen atoms in total. The first-order valence-corrected chi connectivity index (χ1v) is 9.06. The minimum absolute atomic E-state index is 0. The predicted octanol–water partition coefficient (Wildman–Crippen LogP) is 4.36. The predicted molar refractivity (Wildman–Crippen MR) is 95.4 cm³/mol. The standard InChI is InChI=1S/C20H19P.Pt/c1-17-10-8-9-11-18(17)16-21(19-12-4-2-5-13-19)20-14-6-3-7-15-20;/h2-15H,16H2,1H3;/p+1. The van der Waals surface area contributed by atoms with Gasteiger partial charge in [0.1, 0.15) is 0 Å². The first kappa shape index (κ1) is 17.1. The maximum Gasteiger partial charge on any atom is 0.0970 e. The van der Waals surface area contributed by atoms with E-state index in [1.54, 1.807) is 0 Å². The summed E-state index contributed by atoms with van der Waals surface area (Å²) in [4.78, 5) is 0. The summed E-state index contributed by atoms with van der Waals surface area (Å²) in [6.07, 6.45) is 1.14. The summed E-state index contributed by atoms with van der Waals surface area (Å²) in [5.74, 6) is 0. The van der Waals surface area contributed by atoms with Crippen molar-refractivity contribution in [1.29, 1.82) is 0 Å². The Balaban J connectivity index is 0.00000176. The van der Waals surface area contributed by atoms with E-state index in [9.17, 15) is 0 Å². The van der Waals surface area contributed by atoms with Crippen LogP contribution in [0.3, 0.4) is 0 Å². The SMILES string of the molecule is Cc1ccccc1C[PH+](c1ccccc1)c1ccccc1.[Pt]. The molecule has 3 aromatic rings. The van der Waals surface area contributed by atoms with E-state index in [1.165, 1.54) is 21.7 Å². The molecule has 22 heavy (non-hydrogen) atoms. The van der Waals surface area contributed by atoms with Crippen LogP contribution in [0.1, 0.15) is 11.1 Å². The van der Waals surface area contributed by atoms with Crippen LogP contribution in [-0.4, -0.2) is 0 Å². The van der Waals surface area contributed by atoms with Crippen LogP contribution >= 0.6 is 7.92 Å². The Labute approximate surface area is 148 Å². The zero-order valence-electron chi connectivity index (χ0n) is 12.6. The summed E-state index contributed by atoms with van der Waals surface area (Å²) >= 11 is 0. The van der Waals surface area contributed by atoms with Gasteiger partial charge in [-0.3, -0.25) is 0 Å². The van der Waals surface area contributed by atoms with E-state index in [4.69, 9.17) is 0 Å². The first-order chi connectivity index (χ1) is 10.3. The fourth-order valence-electron chi connectivity index (χ4n) is 2.65. The molecule has 0 aliphatic rings. The van der Waals surface area contributed by atoms with Gasteiger partial charge in [-0.15, -0.1) is 0 Å². The Morgan fingerprint density at radius 2 is 1.09 bits per heavy atom. The second-order valence-electron chi connectivity index (χ2n) is 5.31.